The van der Waals surface area contributed by atoms with Gasteiger partial charge in [0.1, 0.15) is 17.5 Å². The molecule has 1 aliphatic heterocycles. The first-order chi connectivity index (χ1) is 20.6. The van der Waals surface area contributed by atoms with E-state index in [-0.39, 0.29) is 29.8 Å². The lowest BCUT2D eigenvalue weighted by atomic mass is 9.66. The predicted octanol–water partition coefficient (Wildman–Crippen LogP) is 4.78. The molecule has 1 saturated heterocycles. The Kier molecular flexibility index (Phi) is 11.1. The number of hydrogen-bond donors (Lipinski definition) is 2. The molecule has 0 aromatic heterocycles. The number of sulfonamides is 1. The van der Waals surface area contributed by atoms with Gasteiger partial charge in [-0.3, -0.25) is 5.32 Å². The lowest BCUT2D eigenvalue weighted by Gasteiger charge is -2.48. The van der Waals surface area contributed by atoms with Crippen molar-refractivity contribution in [3.63, 3.8) is 0 Å². The van der Waals surface area contributed by atoms with E-state index in [0.29, 0.717) is 31.6 Å². The number of benzene rings is 2. The van der Waals surface area contributed by atoms with Crippen LogP contribution in [0.15, 0.2) is 59.5 Å². The van der Waals surface area contributed by atoms with Gasteiger partial charge in [-0.2, -0.15) is 9.57 Å². The summed E-state index contributed by atoms with van der Waals surface area (Å²) in [7, 11) is -1.39. The third-order valence-corrected chi connectivity index (χ3v) is 10.9. The van der Waals surface area contributed by atoms with Crippen LogP contribution >= 0.6 is 0 Å². The molecule has 2 fully saturated rings. The molecule has 3 atom stereocenters. The van der Waals surface area contributed by atoms with Crippen LogP contribution in [0.5, 0.6) is 5.75 Å². The molecule has 1 saturated carbocycles. The Morgan fingerprint density at radius 3 is 2.49 bits per heavy atom. The minimum Gasteiger partial charge on any atom is -0.497 e. The highest BCUT2D eigenvalue weighted by Crippen LogP contribution is 2.46. The van der Waals surface area contributed by atoms with E-state index in [4.69, 9.17) is 14.2 Å². The van der Waals surface area contributed by atoms with Crippen LogP contribution in [0.2, 0.25) is 0 Å². The van der Waals surface area contributed by atoms with Crippen molar-refractivity contribution in [2.75, 3.05) is 27.4 Å². The van der Waals surface area contributed by atoms with Crippen LogP contribution in [0.4, 0.5) is 4.79 Å². The molecule has 0 spiro atoms. The summed E-state index contributed by atoms with van der Waals surface area (Å²) in [5, 5.41) is 24.6. The number of likely N-dealkylation sites (N-methyl/N-ethyl adjacent to an activating group) is 1. The molecule has 10 nitrogen and oxygen atoms in total. The van der Waals surface area contributed by atoms with Crippen molar-refractivity contribution in [1.29, 1.82) is 5.26 Å². The summed E-state index contributed by atoms with van der Waals surface area (Å²) in [6, 6.07) is 17.4. The van der Waals surface area contributed by atoms with Crippen LogP contribution in [0.1, 0.15) is 63.4 Å². The van der Waals surface area contributed by atoms with Crippen molar-refractivity contribution in [2.24, 2.45) is 5.41 Å². The van der Waals surface area contributed by atoms with E-state index < -0.39 is 34.0 Å². The monoisotopic (exact) mass is 613 g/mol. The van der Waals surface area contributed by atoms with Gasteiger partial charge in [0.2, 0.25) is 10.0 Å². The summed E-state index contributed by atoms with van der Waals surface area (Å²) in [5.41, 5.74) is -1.48. The predicted molar refractivity (Wildman–Crippen MR) is 161 cm³/mol. The maximum absolute atomic E-state index is 14.3. The molecule has 1 aliphatic carbocycles. The number of methoxy groups -OCH3 is 1. The van der Waals surface area contributed by atoms with Crippen molar-refractivity contribution < 1.29 is 32.5 Å². The third kappa shape index (κ3) is 7.87. The number of nitrogens with one attached hydrogen (secondary N) is 1. The summed E-state index contributed by atoms with van der Waals surface area (Å²) < 4.78 is 45.8. The molecule has 4 rings (SSSR count). The van der Waals surface area contributed by atoms with Crippen LogP contribution in [-0.2, 0) is 25.9 Å². The number of alkyl carbamates (subject to hydrolysis) is 1. The maximum Gasteiger partial charge on any atom is 0.409 e. The van der Waals surface area contributed by atoms with Gasteiger partial charge in [-0.05, 0) is 60.9 Å². The number of aliphatic hydroxyl groups excluding tert-OH is 1. The van der Waals surface area contributed by atoms with Gasteiger partial charge in [0.15, 0.2) is 0 Å². The second kappa shape index (κ2) is 14.5. The molecule has 0 bridgehead atoms. The largest absolute Gasteiger partial charge is 0.497 e. The molecule has 234 valence electrons. The number of nitriles is 1. The lowest BCUT2D eigenvalue weighted by molar-refractivity contribution is -0.0447. The highest BCUT2D eigenvalue weighted by molar-refractivity contribution is 7.89. The van der Waals surface area contributed by atoms with Gasteiger partial charge in [0.05, 0.1) is 37.4 Å². The van der Waals surface area contributed by atoms with Gasteiger partial charge in [0, 0.05) is 26.3 Å². The highest BCUT2D eigenvalue weighted by atomic mass is 32.2. The number of aliphatic hydroxyl groups is 1. The van der Waals surface area contributed by atoms with Gasteiger partial charge in [0.25, 0.3) is 0 Å². The summed E-state index contributed by atoms with van der Waals surface area (Å²) in [5.74, 6) is 0.495. The van der Waals surface area contributed by atoms with E-state index in [2.05, 4.69) is 11.4 Å². The Morgan fingerprint density at radius 1 is 1.19 bits per heavy atom. The molecule has 11 heteroatoms. The first-order valence-corrected chi connectivity index (χ1v) is 16.4. The Balaban J connectivity index is 1.80. The number of carbonyl (C=O) groups excluding carboxylic acids is 1. The normalized spacial score (nSPS) is 20.5. The lowest BCUT2D eigenvalue weighted by Crippen LogP contribution is -2.69. The first kappa shape index (κ1) is 32.7. The second-order valence-electron chi connectivity index (χ2n) is 11.7. The highest BCUT2D eigenvalue weighted by Gasteiger charge is 2.51. The number of carbonyl (C=O) groups is 1. The average Bonchev–Trinajstić information content (AvgIpc) is 3.53. The van der Waals surface area contributed by atoms with Gasteiger partial charge in [-0.15, -0.1) is 0 Å². The summed E-state index contributed by atoms with van der Waals surface area (Å²) in [6.07, 6.45) is 3.58. The number of nitrogens with zero attached hydrogens (tertiary/aromatic N) is 2. The topological polar surface area (TPSA) is 138 Å². The number of ether oxygens (including phenoxy) is 3. The van der Waals surface area contributed by atoms with Crippen LogP contribution in [0.3, 0.4) is 0 Å². The minimum atomic E-state index is -4.27. The van der Waals surface area contributed by atoms with Crippen molar-refractivity contribution in [3.05, 3.63) is 60.2 Å². The van der Waals surface area contributed by atoms with Crippen molar-refractivity contribution >= 4 is 16.1 Å². The fraction of sp³-hybridized carbons (Fsp3) is 0.562. The fourth-order valence-corrected chi connectivity index (χ4v) is 7.85. The summed E-state index contributed by atoms with van der Waals surface area (Å²) >= 11 is 0. The van der Waals surface area contributed by atoms with Gasteiger partial charge in [-0.25, -0.2) is 13.2 Å². The van der Waals surface area contributed by atoms with E-state index in [1.807, 2.05) is 30.3 Å². The summed E-state index contributed by atoms with van der Waals surface area (Å²) in [4.78, 5) is 13.5. The van der Waals surface area contributed by atoms with Crippen molar-refractivity contribution in [1.82, 2.24) is 9.62 Å². The van der Waals surface area contributed by atoms with Gasteiger partial charge < -0.3 is 19.3 Å². The quantitative estimate of drug-likeness (QED) is 0.308. The van der Waals surface area contributed by atoms with Crippen LogP contribution in [0.25, 0.3) is 0 Å². The molecule has 0 radical (unpaired) electrons. The van der Waals surface area contributed by atoms with E-state index in [9.17, 15) is 23.6 Å². The molecule has 2 N–H and O–H groups in total. The molecule has 1 heterocycles. The molecule has 1 amide bonds. The Bertz CT molecular complexity index is 1340. The standard InChI is InChI=1S/C32H43N3O7S/c1-35(43(38,39)28-14-12-26(40-2)13-15-28)32(22-25-10-5-3-6-11-25,34-30(37)42-27-16-21-41-24-27)29(36)23-31(19-9-20-33)17-7-4-8-18-31/h3,5-6,10-15,27,29,36H,4,7-9,16-19,21-24H2,1-2H3,(H,34,37)/t27-,29+,32-/m0/s1. The number of hydrogen-bond acceptors (Lipinski definition) is 8. The third-order valence-electron chi connectivity index (χ3n) is 8.94. The van der Waals surface area contributed by atoms with E-state index in [1.54, 1.807) is 12.1 Å². The smallest absolute Gasteiger partial charge is 0.409 e. The molecule has 43 heavy (non-hydrogen) atoms. The molecular formula is C32H43N3O7S. The van der Waals surface area contributed by atoms with Crippen molar-refractivity contribution in [2.45, 2.75) is 87.0 Å². The number of rotatable bonds is 13. The number of amides is 1. The van der Waals surface area contributed by atoms with E-state index in [0.717, 1.165) is 42.0 Å². The average molecular weight is 614 g/mol. The van der Waals surface area contributed by atoms with Gasteiger partial charge in [-0.1, -0.05) is 49.6 Å². The molecular weight excluding hydrogens is 570 g/mol. The fourth-order valence-electron chi connectivity index (χ4n) is 6.39. The van der Waals surface area contributed by atoms with Gasteiger partial charge >= 0.3 is 6.09 Å². The summed E-state index contributed by atoms with van der Waals surface area (Å²) in [6.45, 7) is 0.710. The van der Waals surface area contributed by atoms with Crippen molar-refractivity contribution in [3.8, 4) is 11.8 Å². The minimum absolute atomic E-state index is 0.0170. The van der Waals surface area contributed by atoms with E-state index >= 15 is 0 Å². The molecule has 2 aromatic carbocycles. The molecule has 2 aromatic rings. The Morgan fingerprint density at radius 2 is 1.88 bits per heavy atom. The molecule has 2 aliphatic rings. The zero-order valence-corrected chi connectivity index (χ0v) is 25.9. The zero-order valence-electron chi connectivity index (χ0n) is 25.0. The SMILES string of the molecule is COc1ccc(S(=O)(=O)N(C)[C@](Cc2ccccc2)(NC(=O)O[C@H]2CCOC2)[C@H](O)CC2(CCC#N)CCCCC2)cc1. The van der Waals surface area contributed by atoms with Crippen LogP contribution < -0.4 is 10.1 Å². The van der Waals surface area contributed by atoms with Crippen LogP contribution in [-0.4, -0.2) is 69.2 Å². The maximum atomic E-state index is 14.3. The Labute approximate surface area is 255 Å². The van der Waals surface area contributed by atoms with E-state index in [1.165, 1.54) is 26.3 Å². The zero-order chi connectivity index (χ0) is 30.9. The Hall–Kier alpha value is -3.17. The van der Waals surface area contributed by atoms with Crippen LogP contribution in [0, 0.1) is 16.7 Å². The molecule has 0 unspecified atom stereocenters. The second-order valence-corrected chi connectivity index (χ2v) is 13.7. The first-order valence-electron chi connectivity index (χ1n) is 14.9.